The number of benzene rings is 1. The van der Waals surface area contributed by atoms with E-state index in [0.717, 1.165) is 11.3 Å². The van der Waals surface area contributed by atoms with Gasteiger partial charge in [-0.15, -0.1) is 11.3 Å². The Hall–Kier alpha value is -4.89. The monoisotopic (exact) mass is 629 g/mol. The Morgan fingerprint density at radius 3 is 2.43 bits per heavy atom. The Labute approximate surface area is 240 Å². The number of rotatable bonds is 12. The number of nitro benzene ring substituents is 1. The van der Waals surface area contributed by atoms with Crippen molar-refractivity contribution in [2.45, 2.75) is 38.1 Å². The minimum Gasteiger partial charge on any atom is -0.458 e. The molecule has 19 nitrogen and oxygen atoms in total. The average molecular weight is 630 g/mol. The lowest BCUT2D eigenvalue weighted by atomic mass is 9.99. The number of ether oxygens (including phenoxy) is 2. The lowest BCUT2D eigenvalue weighted by molar-refractivity contribution is -0.384. The number of non-ortho nitro benzene ring substituents is 1. The van der Waals surface area contributed by atoms with Crippen LogP contribution in [0.4, 0.5) is 15.6 Å². The quantitative estimate of drug-likeness (QED) is 0.0573. The number of hydrogen-bond acceptors (Lipinski definition) is 15. The van der Waals surface area contributed by atoms with Crippen LogP contribution in [0.2, 0.25) is 0 Å². The highest BCUT2D eigenvalue weighted by Gasteiger charge is 2.55. The Kier molecular flexibility index (Phi) is 9.28. The number of nitrogens with zero attached hydrogens (tertiary/aromatic N) is 4. The number of nitro groups is 1. The smallest absolute Gasteiger partial charge is 0.404 e. The molecule has 0 unspecified atom stereocenters. The third kappa shape index (κ3) is 7.44. The summed E-state index contributed by atoms with van der Waals surface area (Å²) >= 11 is 0.911. The van der Waals surface area contributed by atoms with Gasteiger partial charge in [0.15, 0.2) is 10.8 Å². The maximum atomic E-state index is 13.1. The van der Waals surface area contributed by atoms with E-state index in [-0.39, 0.29) is 27.4 Å². The zero-order valence-electron chi connectivity index (χ0n) is 21.7. The summed E-state index contributed by atoms with van der Waals surface area (Å²) in [6.45, 7) is 1.45. The molecule has 1 aromatic heterocycles. The highest BCUT2D eigenvalue weighted by atomic mass is 32.2. The van der Waals surface area contributed by atoms with Crippen LogP contribution < -0.4 is 16.8 Å². The van der Waals surface area contributed by atoms with Crippen molar-refractivity contribution in [2.24, 2.45) is 10.9 Å². The molecule has 1 aromatic carbocycles. The Morgan fingerprint density at radius 1 is 1.26 bits per heavy atom. The fourth-order valence-corrected chi connectivity index (χ4v) is 4.75. The molecule has 0 saturated carbocycles. The van der Waals surface area contributed by atoms with Gasteiger partial charge >= 0.3 is 22.4 Å². The zero-order chi connectivity index (χ0) is 31.4. The van der Waals surface area contributed by atoms with Gasteiger partial charge < -0.3 is 31.1 Å². The largest absolute Gasteiger partial charge is 0.458 e. The number of oxime groups is 1. The topological polar surface area (TPSA) is 286 Å². The molecule has 3 rings (SSSR count). The number of aromatic nitrogens is 1. The van der Waals surface area contributed by atoms with Gasteiger partial charge in [-0.1, -0.05) is 5.16 Å². The van der Waals surface area contributed by atoms with Crippen LogP contribution in [0.1, 0.15) is 25.1 Å². The number of carbonyl (C=O) groups excluding carboxylic acids is 4. The average Bonchev–Trinajstić information content (AvgIpc) is 3.32. The van der Waals surface area contributed by atoms with Crippen LogP contribution in [0.15, 0.2) is 34.8 Å². The van der Waals surface area contributed by atoms with Gasteiger partial charge in [-0.05, 0) is 31.5 Å². The number of nitrogens with one attached hydrogen (secondary N) is 1. The summed E-state index contributed by atoms with van der Waals surface area (Å²) in [7, 11) is -5.08. The minimum absolute atomic E-state index is 0.0114. The summed E-state index contributed by atoms with van der Waals surface area (Å²) in [6.07, 6.45) is -1.31. The predicted molar refractivity (Wildman–Crippen MR) is 141 cm³/mol. The van der Waals surface area contributed by atoms with Crippen molar-refractivity contribution in [1.82, 2.24) is 14.6 Å². The number of esters is 1. The van der Waals surface area contributed by atoms with E-state index < -0.39 is 69.1 Å². The van der Waals surface area contributed by atoms with Crippen molar-refractivity contribution in [2.75, 3.05) is 12.3 Å². The highest BCUT2D eigenvalue weighted by Crippen LogP contribution is 2.25. The van der Waals surface area contributed by atoms with Crippen LogP contribution in [0.25, 0.3) is 0 Å². The molecule has 1 saturated heterocycles. The van der Waals surface area contributed by atoms with Gasteiger partial charge in [0.1, 0.15) is 31.0 Å². The minimum atomic E-state index is -5.08. The molecule has 0 bridgehead atoms. The number of primary amides is 1. The van der Waals surface area contributed by atoms with E-state index in [1.54, 1.807) is 0 Å². The molecule has 1 aliphatic heterocycles. The van der Waals surface area contributed by atoms with Gasteiger partial charge in [-0.3, -0.25) is 24.3 Å². The summed E-state index contributed by atoms with van der Waals surface area (Å²) < 4.78 is 42.2. The third-order valence-electron chi connectivity index (χ3n) is 5.45. The van der Waals surface area contributed by atoms with E-state index >= 15 is 0 Å². The molecule has 0 radical (unpaired) electrons. The second kappa shape index (κ2) is 12.3. The van der Waals surface area contributed by atoms with Crippen LogP contribution in [0.5, 0.6) is 0 Å². The van der Waals surface area contributed by atoms with Crippen molar-refractivity contribution in [1.29, 1.82) is 0 Å². The van der Waals surface area contributed by atoms with Gasteiger partial charge in [0.25, 0.3) is 17.5 Å². The number of amides is 3. The number of nitrogens with two attached hydrogens (primary N) is 2. The molecule has 42 heavy (non-hydrogen) atoms. The Bertz CT molecular complexity index is 1540. The van der Waals surface area contributed by atoms with E-state index in [1.165, 1.54) is 43.5 Å². The first-order valence-corrected chi connectivity index (χ1v) is 13.7. The van der Waals surface area contributed by atoms with Crippen molar-refractivity contribution < 1.29 is 51.4 Å². The molecule has 1 fully saturated rings. The zero-order valence-corrected chi connectivity index (χ0v) is 23.3. The molecule has 0 spiro atoms. The SMILES string of the molecule is CC(C)(O/N=C(\C(=O)N[C@H]1C(=O)N(S(=O)(=O)O)[C@@H]1COC(N)=O)c1csc(N)n1)C(=O)OCc1ccc([N+](=O)[O-])cc1. The number of nitrogen functional groups attached to an aromatic ring is 1. The standard InChI is InChI=1S/C21H23N7O12S2/c1-21(2,18(31)38-7-10-3-5-11(6-4-10)28(33)34)40-26-14(12-9-41-19(22)24-12)16(29)25-15-13(8-39-20(23)32)27(17(15)30)42(35,36)37/h3-6,9,13,15H,7-8H2,1-2H3,(H2,22,24)(H2,23,32)(H,25,29)(H,35,36,37)/b26-14-/t13-,15-/m1/s1. The first-order valence-electron chi connectivity index (χ1n) is 11.4. The van der Waals surface area contributed by atoms with E-state index in [9.17, 15) is 42.3 Å². The molecule has 0 aliphatic carbocycles. The van der Waals surface area contributed by atoms with Gasteiger partial charge in [-0.25, -0.2) is 18.9 Å². The number of β-lactam (4-membered cyclic amide) rings is 1. The summed E-state index contributed by atoms with van der Waals surface area (Å²) in [5, 5.41) is 18.0. The van der Waals surface area contributed by atoms with Crippen LogP contribution in [-0.2, 0) is 45.6 Å². The predicted octanol–water partition coefficient (Wildman–Crippen LogP) is -0.530. The van der Waals surface area contributed by atoms with Crippen molar-refractivity contribution >= 4 is 62.0 Å². The molecule has 2 heterocycles. The fraction of sp³-hybridized carbons (Fsp3) is 0.333. The normalized spacial score (nSPS) is 17.2. The summed E-state index contributed by atoms with van der Waals surface area (Å²) in [5.41, 5.74) is 8.25. The van der Waals surface area contributed by atoms with Crippen LogP contribution in [0, 0.1) is 10.1 Å². The first kappa shape index (κ1) is 31.6. The van der Waals surface area contributed by atoms with E-state index in [0.29, 0.717) is 5.56 Å². The highest BCUT2D eigenvalue weighted by molar-refractivity contribution is 7.84. The third-order valence-corrected chi connectivity index (χ3v) is 7.08. The Morgan fingerprint density at radius 2 is 1.90 bits per heavy atom. The van der Waals surface area contributed by atoms with Gasteiger partial charge in [-0.2, -0.15) is 8.42 Å². The number of carbonyl (C=O) groups is 4. The fourth-order valence-electron chi connectivity index (χ4n) is 3.34. The maximum Gasteiger partial charge on any atom is 0.404 e. The second-order valence-electron chi connectivity index (χ2n) is 8.87. The summed E-state index contributed by atoms with van der Waals surface area (Å²) in [6, 6.07) is 2.05. The lowest BCUT2D eigenvalue weighted by Crippen LogP contribution is -2.73. The molecule has 3 amide bonds. The lowest BCUT2D eigenvalue weighted by Gasteiger charge is -2.43. The van der Waals surface area contributed by atoms with Crippen LogP contribution in [-0.4, -0.2) is 81.1 Å². The second-order valence-corrected chi connectivity index (χ2v) is 11.1. The number of anilines is 1. The summed E-state index contributed by atoms with van der Waals surface area (Å²) in [4.78, 5) is 68.6. The number of thiazole rings is 1. The Balaban J connectivity index is 1.77. The molecular formula is C21H23N7O12S2. The molecule has 2 aromatic rings. The molecule has 2 atom stereocenters. The van der Waals surface area contributed by atoms with E-state index in [1.807, 2.05) is 0 Å². The maximum absolute atomic E-state index is 13.1. The van der Waals surface area contributed by atoms with Crippen molar-refractivity contribution in [3.05, 3.63) is 51.0 Å². The van der Waals surface area contributed by atoms with Crippen molar-refractivity contribution in [3.63, 3.8) is 0 Å². The summed E-state index contributed by atoms with van der Waals surface area (Å²) in [5.74, 6) is -3.35. The van der Waals surface area contributed by atoms with Crippen molar-refractivity contribution in [3.8, 4) is 0 Å². The van der Waals surface area contributed by atoms with E-state index in [4.69, 9.17) is 21.0 Å². The van der Waals surface area contributed by atoms with Gasteiger partial charge in [0.05, 0.1) is 4.92 Å². The molecule has 6 N–H and O–H groups in total. The number of hydrogen-bond donors (Lipinski definition) is 4. The van der Waals surface area contributed by atoms with Gasteiger partial charge in [0.2, 0.25) is 5.60 Å². The van der Waals surface area contributed by atoms with Gasteiger partial charge in [0, 0.05) is 17.5 Å². The van der Waals surface area contributed by atoms with Crippen LogP contribution in [0.3, 0.4) is 0 Å². The molecule has 21 heteroatoms. The first-order chi connectivity index (χ1) is 19.5. The van der Waals surface area contributed by atoms with Crippen LogP contribution >= 0.6 is 11.3 Å². The molecule has 1 aliphatic rings. The molecular weight excluding hydrogens is 606 g/mol. The molecule has 226 valence electrons. The van der Waals surface area contributed by atoms with E-state index in [2.05, 4.69) is 20.2 Å².